The molecule has 0 saturated carbocycles. The van der Waals surface area contributed by atoms with E-state index in [2.05, 4.69) is 0 Å². The van der Waals surface area contributed by atoms with Crippen LogP contribution < -0.4 is 5.73 Å². The van der Waals surface area contributed by atoms with Crippen LogP contribution in [-0.2, 0) is 14.3 Å². The normalized spacial score (nSPS) is 11.0. The van der Waals surface area contributed by atoms with Gasteiger partial charge in [0.25, 0.3) is 0 Å². The molecular weight excluding hydrogens is 290 g/mol. The smallest absolute Gasteiger partial charge is 0.340 e. The largest absolute Gasteiger partial charge is 0.462 e. The van der Waals surface area contributed by atoms with E-state index in [0.29, 0.717) is 16.1 Å². The van der Waals surface area contributed by atoms with Gasteiger partial charge in [0.1, 0.15) is 5.60 Å². The summed E-state index contributed by atoms with van der Waals surface area (Å²) in [5, 5.41) is 0. The lowest BCUT2D eigenvalue weighted by molar-refractivity contribution is -0.151. The van der Waals surface area contributed by atoms with Crippen LogP contribution in [0, 0.1) is 0 Å². The van der Waals surface area contributed by atoms with Crippen LogP contribution in [0.2, 0.25) is 0 Å². The van der Waals surface area contributed by atoms with E-state index in [1.807, 2.05) is 20.8 Å². The minimum absolute atomic E-state index is 0.133. The van der Waals surface area contributed by atoms with E-state index in [1.165, 1.54) is 11.8 Å². The number of ether oxygens (including phenoxy) is 2. The third-order valence-corrected chi connectivity index (χ3v) is 3.37. The average molecular weight is 311 g/mol. The number of nitrogens with two attached hydrogens (primary N) is 1. The topological polar surface area (TPSA) is 78.6 Å². The van der Waals surface area contributed by atoms with Gasteiger partial charge in [0.15, 0.2) is 0 Å². The van der Waals surface area contributed by atoms with E-state index in [9.17, 15) is 9.59 Å². The van der Waals surface area contributed by atoms with Crippen molar-refractivity contribution in [2.24, 2.45) is 0 Å². The second-order valence-corrected chi connectivity index (χ2v) is 6.33. The molecule has 5 nitrogen and oxygen atoms in total. The van der Waals surface area contributed by atoms with Crippen LogP contribution in [0.15, 0.2) is 23.1 Å². The minimum atomic E-state index is -0.518. The molecule has 0 heterocycles. The second kappa shape index (κ2) is 7.36. The zero-order valence-electron chi connectivity index (χ0n) is 12.8. The molecule has 0 bridgehead atoms. The van der Waals surface area contributed by atoms with Crippen LogP contribution in [0.5, 0.6) is 0 Å². The van der Waals surface area contributed by atoms with Crippen molar-refractivity contribution in [1.29, 1.82) is 0 Å². The number of benzene rings is 1. The SMILES string of the molecule is CCOC(=O)c1cccc(SCC(=O)OC(C)(C)C)c1N. The first kappa shape index (κ1) is 17.4. The number of anilines is 1. The Bertz CT molecular complexity index is 523. The molecular formula is C15H21NO4S. The Morgan fingerprint density at radius 3 is 2.52 bits per heavy atom. The molecule has 0 aliphatic rings. The van der Waals surface area contributed by atoms with Gasteiger partial charge in [-0.05, 0) is 39.8 Å². The number of hydrogen-bond donors (Lipinski definition) is 1. The molecule has 0 aliphatic heterocycles. The molecule has 2 N–H and O–H groups in total. The summed E-state index contributed by atoms with van der Waals surface area (Å²) < 4.78 is 10.2. The number of thioether (sulfide) groups is 1. The summed E-state index contributed by atoms with van der Waals surface area (Å²) >= 11 is 1.24. The van der Waals surface area contributed by atoms with E-state index in [-0.39, 0.29) is 18.3 Å². The third kappa shape index (κ3) is 5.67. The Morgan fingerprint density at radius 1 is 1.29 bits per heavy atom. The van der Waals surface area contributed by atoms with Gasteiger partial charge < -0.3 is 15.2 Å². The highest BCUT2D eigenvalue weighted by atomic mass is 32.2. The molecule has 0 unspecified atom stereocenters. The molecule has 1 rings (SSSR count). The maximum absolute atomic E-state index is 11.7. The van der Waals surface area contributed by atoms with E-state index in [0.717, 1.165) is 0 Å². The molecule has 1 aromatic rings. The Morgan fingerprint density at radius 2 is 1.95 bits per heavy atom. The Kier molecular flexibility index (Phi) is 6.08. The number of carbonyl (C=O) groups is 2. The number of nitrogen functional groups attached to an aromatic ring is 1. The molecule has 1 aromatic carbocycles. The summed E-state index contributed by atoms with van der Waals surface area (Å²) in [6, 6.07) is 5.07. The average Bonchev–Trinajstić information content (AvgIpc) is 2.35. The number of rotatable bonds is 5. The standard InChI is InChI=1S/C15H21NO4S/c1-5-19-14(18)10-7-6-8-11(13(10)16)21-9-12(17)20-15(2,3)4/h6-8H,5,9,16H2,1-4H3. The van der Waals surface area contributed by atoms with Gasteiger partial charge >= 0.3 is 11.9 Å². The van der Waals surface area contributed by atoms with E-state index >= 15 is 0 Å². The van der Waals surface area contributed by atoms with Gasteiger partial charge in [-0.3, -0.25) is 4.79 Å². The summed E-state index contributed by atoms with van der Waals surface area (Å²) in [4.78, 5) is 24.1. The molecule has 6 heteroatoms. The first-order chi connectivity index (χ1) is 9.74. The number of hydrogen-bond acceptors (Lipinski definition) is 6. The predicted molar refractivity (Wildman–Crippen MR) is 83.4 cm³/mol. The lowest BCUT2D eigenvalue weighted by Crippen LogP contribution is -2.24. The van der Waals surface area contributed by atoms with E-state index in [1.54, 1.807) is 25.1 Å². The van der Waals surface area contributed by atoms with E-state index < -0.39 is 11.6 Å². The van der Waals surface area contributed by atoms with Gasteiger partial charge in [-0.1, -0.05) is 6.07 Å². The molecule has 21 heavy (non-hydrogen) atoms. The fourth-order valence-corrected chi connectivity index (χ4v) is 2.34. The van der Waals surface area contributed by atoms with Gasteiger partial charge in [-0.15, -0.1) is 11.8 Å². The minimum Gasteiger partial charge on any atom is -0.462 e. The van der Waals surface area contributed by atoms with Crippen LogP contribution in [0.4, 0.5) is 5.69 Å². The van der Waals surface area contributed by atoms with Crippen LogP contribution in [0.25, 0.3) is 0 Å². The lowest BCUT2D eigenvalue weighted by Gasteiger charge is -2.19. The van der Waals surface area contributed by atoms with Crippen molar-refractivity contribution in [2.75, 3.05) is 18.1 Å². The Balaban J connectivity index is 2.74. The van der Waals surface area contributed by atoms with Crippen molar-refractivity contribution >= 4 is 29.4 Å². The number of carbonyl (C=O) groups excluding carboxylic acids is 2. The van der Waals surface area contributed by atoms with E-state index in [4.69, 9.17) is 15.2 Å². The number of esters is 2. The first-order valence-electron chi connectivity index (χ1n) is 6.65. The van der Waals surface area contributed by atoms with Crippen LogP contribution in [0.3, 0.4) is 0 Å². The maximum atomic E-state index is 11.7. The summed E-state index contributed by atoms with van der Waals surface area (Å²) in [5.41, 5.74) is 6.07. The highest BCUT2D eigenvalue weighted by molar-refractivity contribution is 8.00. The molecule has 0 saturated heterocycles. The van der Waals surface area contributed by atoms with Gasteiger partial charge in [0.2, 0.25) is 0 Å². The van der Waals surface area contributed by atoms with Crippen molar-refractivity contribution in [3.05, 3.63) is 23.8 Å². The van der Waals surface area contributed by atoms with Gasteiger partial charge in [0, 0.05) is 4.90 Å². The summed E-state index contributed by atoms with van der Waals surface area (Å²) in [6.07, 6.45) is 0. The zero-order valence-corrected chi connectivity index (χ0v) is 13.6. The monoisotopic (exact) mass is 311 g/mol. The molecule has 0 fully saturated rings. The molecule has 116 valence electrons. The Hall–Kier alpha value is -1.69. The molecule has 0 atom stereocenters. The summed E-state index contributed by atoms with van der Waals surface area (Å²) in [6.45, 7) is 7.45. The first-order valence-corrected chi connectivity index (χ1v) is 7.63. The fraction of sp³-hybridized carbons (Fsp3) is 0.467. The van der Waals surface area contributed by atoms with Gasteiger partial charge in [-0.25, -0.2) is 4.79 Å². The van der Waals surface area contributed by atoms with Crippen LogP contribution >= 0.6 is 11.8 Å². The lowest BCUT2D eigenvalue weighted by atomic mass is 10.2. The summed E-state index contributed by atoms with van der Waals surface area (Å²) in [7, 11) is 0. The molecule has 0 spiro atoms. The van der Waals surface area contributed by atoms with Gasteiger partial charge in [0.05, 0.1) is 23.6 Å². The van der Waals surface area contributed by atoms with Crippen molar-refractivity contribution < 1.29 is 19.1 Å². The zero-order chi connectivity index (χ0) is 16.0. The third-order valence-electron chi connectivity index (χ3n) is 2.33. The van der Waals surface area contributed by atoms with Crippen LogP contribution in [0.1, 0.15) is 38.1 Å². The number of para-hydroxylation sites is 1. The maximum Gasteiger partial charge on any atom is 0.340 e. The molecule has 0 aliphatic carbocycles. The highest BCUT2D eigenvalue weighted by Crippen LogP contribution is 2.28. The van der Waals surface area contributed by atoms with Crippen molar-refractivity contribution in [3.8, 4) is 0 Å². The predicted octanol–water partition coefficient (Wildman–Crippen LogP) is 2.88. The molecule has 0 radical (unpaired) electrons. The van der Waals surface area contributed by atoms with Crippen molar-refractivity contribution in [2.45, 2.75) is 38.2 Å². The van der Waals surface area contributed by atoms with Gasteiger partial charge in [-0.2, -0.15) is 0 Å². The summed E-state index contributed by atoms with van der Waals surface area (Å²) in [5.74, 6) is -0.656. The molecule has 0 amide bonds. The van der Waals surface area contributed by atoms with Crippen molar-refractivity contribution in [3.63, 3.8) is 0 Å². The van der Waals surface area contributed by atoms with Crippen LogP contribution in [-0.4, -0.2) is 29.9 Å². The second-order valence-electron chi connectivity index (χ2n) is 5.31. The molecule has 0 aromatic heterocycles. The quantitative estimate of drug-likeness (QED) is 0.512. The Labute approximate surface area is 129 Å². The highest BCUT2D eigenvalue weighted by Gasteiger charge is 2.18. The van der Waals surface area contributed by atoms with Crippen molar-refractivity contribution in [1.82, 2.24) is 0 Å². The fourth-order valence-electron chi connectivity index (χ4n) is 1.56.